The number of fused-ring (bicyclic) bond motifs is 1. The van der Waals surface area contributed by atoms with E-state index in [2.05, 4.69) is 23.2 Å². The minimum atomic E-state index is -1.14. The minimum Gasteiger partial charge on any atom is -0.380 e. The van der Waals surface area contributed by atoms with Gasteiger partial charge in [0.25, 0.3) is 11.8 Å². The van der Waals surface area contributed by atoms with E-state index >= 15 is 0 Å². The Morgan fingerprint density at radius 2 is 1.57 bits per heavy atom. The predicted molar refractivity (Wildman–Crippen MR) is 113 cm³/mol. The van der Waals surface area contributed by atoms with Crippen LogP contribution in [-0.4, -0.2) is 68.1 Å². The highest BCUT2D eigenvalue weighted by molar-refractivity contribution is 5.95. The monoisotopic (exact) mass is 404 g/mol. The van der Waals surface area contributed by atoms with Crippen molar-refractivity contribution in [1.82, 2.24) is 19.4 Å². The van der Waals surface area contributed by atoms with Gasteiger partial charge in [-0.25, -0.2) is 4.98 Å². The van der Waals surface area contributed by atoms with Crippen LogP contribution < -0.4 is 0 Å². The Morgan fingerprint density at radius 1 is 0.933 bits per heavy atom. The molecule has 1 aliphatic carbocycles. The Labute approximate surface area is 174 Å². The first kappa shape index (κ1) is 18.8. The summed E-state index contributed by atoms with van der Waals surface area (Å²) < 4.78 is 1.99. The molecule has 2 aliphatic rings. The van der Waals surface area contributed by atoms with Crippen LogP contribution in [0.4, 0.5) is 0 Å². The van der Waals surface area contributed by atoms with E-state index in [0.717, 1.165) is 22.2 Å². The summed E-state index contributed by atoms with van der Waals surface area (Å²) in [7, 11) is 1.97. The number of hydrogen-bond acceptors (Lipinski definition) is 4. The van der Waals surface area contributed by atoms with Gasteiger partial charge in [0.05, 0.1) is 17.4 Å². The van der Waals surface area contributed by atoms with Gasteiger partial charge in [-0.05, 0) is 48.2 Å². The Kier molecular flexibility index (Phi) is 4.36. The lowest BCUT2D eigenvalue weighted by atomic mass is 10.0. The molecule has 1 saturated carbocycles. The highest BCUT2D eigenvalue weighted by Gasteiger charge is 2.50. The normalized spacial score (nSPS) is 17.9. The summed E-state index contributed by atoms with van der Waals surface area (Å²) in [5, 5.41) is 10.0. The highest BCUT2D eigenvalue weighted by atomic mass is 16.3. The van der Waals surface area contributed by atoms with Crippen LogP contribution in [0.2, 0.25) is 0 Å². The second-order valence-corrected chi connectivity index (χ2v) is 8.25. The van der Waals surface area contributed by atoms with Crippen molar-refractivity contribution in [2.24, 2.45) is 7.05 Å². The van der Waals surface area contributed by atoms with Crippen LogP contribution in [-0.2, 0) is 11.8 Å². The summed E-state index contributed by atoms with van der Waals surface area (Å²) in [5.74, 6) is -0.220. The van der Waals surface area contributed by atoms with Crippen molar-refractivity contribution in [2.45, 2.75) is 18.4 Å². The summed E-state index contributed by atoms with van der Waals surface area (Å²) in [4.78, 5) is 33.0. The lowest BCUT2D eigenvalue weighted by Gasteiger charge is -2.35. The molecule has 0 unspecified atom stereocenters. The van der Waals surface area contributed by atoms with Crippen LogP contribution in [0.5, 0.6) is 0 Å². The first-order chi connectivity index (χ1) is 14.4. The Bertz CT molecular complexity index is 1120. The molecular formula is C23H24N4O3. The summed E-state index contributed by atoms with van der Waals surface area (Å²) in [6.45, 7) is 1.90. The number of benzene rings is 2. The van der Waals surface area contributed by atoms with Crippen molar-refractivity contribution in [3.05, 3.63) is 54.4 Å². The fraction of sp³-hybridized carbons (Fsp3) is 0.348. The van der Waals surface area contributed by atoms with Gasteiger partial charge in [0.2, 0.25) is 0 Å². The first-order valence-electron chi connectivity index (χ1n) is 10.3. The van der Waals surface area contributed by atoms with E-state index in [-0.39, 0.29) is 11.8 Å². The number of carbonyl (C=O) groups excluding carboxylic acids is 2. The maximum Gasteiger partial charge on any atom is 0.254 e. The van der Waals surface area contributed by atoms with Crippen molar-refractivity contribution in [3.63, 3.8) is 0 Å². The molecule has 154 valence electrons. The standard InChI is InChI=1S/C23H24N4O3/c1-25-15-24-19-14-18(6-7-20(19)25)16-2-4-17(5-3-16)21(28)26-10-12-27(13-11-26)22(29)23(30)8-9-23/h2-7,14-15,30H,8-13H2,1H3. The van der Waals surface area contributed by atoms with Crippen LogP contribution >= 0.6 is 0 Å². The summed E-state index contributed by atoms with van der Waals surface area (Å²) >= 11 is 0. The second-order valence-electron chi connectivity index (χ2n) is 8.25. The number of amides is 2. The molecule has 30 heavy (non-hydrogen) atoms. The quantitative estimate of drug-likeness (QED) is 0.725. The van der Waals surface area contributed by atoms with Crippen LogP contribution in [0.1, 0.15) is 23.2 Å². The van der Waals surface area contributed by atoms with Gasteiger partial charge in [0.15, 0.2) is 0 Å². The molecule has 1 aliphatic heterocycles. The number of carbonyl (C=O) groups is 2. The molecule has 0 bridgehead atoms. The summed E-state index contributed by atoms with van der Waals surface area (Å²) in [5.41, 5.74) is 3.62. The fourth-order valence-corrected chi connectivity index (χ4v) is 4.04. The first-order valence-corrected chi connectivity index (χ1v) is 10.3. The zero-order chi connectivity index (χ0) is 20.9. The molecule has 2 fully saturated rings. The lowest BCUT2D eigenvalue weighted by molar-refractivity contribution is -0.143. The van der Waals surface area contributed by atoms with E-state index in [1.807, 2.05) is 35.9 Å². The molecule has 1 aromatic heterocycles. The second kappa shape index (κ2) is 6.95. The molecule has 2 heterocycles. The van der Waals surface area contributed by atoms with Crippen LogP contribution in [0, 0.1) is 0 Å². The third-order valence-electron chi connectivity index (χ3n) is 6.17. The van der Waals surface area contributed by atoms with Crippen LogP contribution in [0.15, 0.2) is 48.8 Å². The number of piperazine rings is 1. The number of aliphatic hydroxyl groups is 1. The van der Waals surface area contributed by atoms with Gasteiger partial charge in [-0.15, -0.1) is 0 Å². The van der Waals surface area contributed by atoms with E-state index in [1.165, 1.54) is 0 Å². The molecule has 0 radical (unpaired) electrons. The number of imidazole rings is 1. The van der Waals surface area contributed by atoms with Gasteiger partial charge in [0.1, 0.15) is 5.60 Å². The molecular weight excluding hydrogens is 380 g/mol. The molecule has 2 aromatic carbocycles. The fourth-order valence-electron chi connectivity index (χ4n) is 4.04. The van der Waals surface area contributed by atoms with Gasteiger partial charge in [-0.1, -0.05) is 18.2 Å². The third-order valence-corrected chi connectivity index (χ3v) is 6.17. The van der Waals surface area contributed by atoms with Crippen molar-refractivity contribution < 1.29 is 14.7 Å². The molecule has 1 saturated heterocycles. The predicted octanol–water partition coefficient (Wildman–Crippen LogP) is 2.05. The van der Waals surface area contributed by atoms with Crippen molar-refractivity contribution in [1.29, 1.82) is 0 Å². The smallest absolute Gasteiger partial charge is 0.254 e. The molecule has 0 spiro atoms. The maximum absolute atomic E-state index is 12.9. The van der Waals surface area contributed by atoms with Gasteiger partial charge < -0.3 is 19.5 Å². The van der Waals surface area contributed by atoms with E-state index in [0.29, 0.717) is 44.6 Å². The number of nitrogens with zero attached hydrogens (tertiary/aromatic N) is 4. The number of hydrogen-bond donors (Lipinski definition) is 1. The summed E-state index contributed by atoms with van der Waals surface area (Å²) in [6.07, 6.45) is 2.89. The van der Waals surface area contributed by atoms with E-state index < -0.39 is 5.60 Å². The van der Waals surface area contributed by atoms with E-state index in [4.69, 9.17) is 0 Å². The molecule has 5 rings (SSSR count). The Hall–Kier alpha value is -3.19. The molecule has 3 aromatic rings. The SMILES string of the molecule is Cn1cnc2cc(-c3ccc(C(=O)N4CCN(C(=O)C5(O)CC5)CC4)cc3)ccc21. The largest absolute Gasteiger partial charge is 0.380 e. The number of aromatic nitrogens is 2. The lowest BCUT2D eigenvalue weighted by Crippen LogP contribution is -2.53. The van der Waals surface area contributed by atoms with Gasteiger partial charge in [-0.2, -0.15) is 0 Å². The van der Waals surface area contributed by atoms with Gasteiger partial charge in [-0.3, -0.25) is 9.59 Å². The minimum absolute atomic E-state index is 0.0287. The van der Waals surface area contributed by atoms with E-state index in [9.17, 15) is 14.7 Å². The molecule has 1 N–H and O–H groups in total. The van der Waals surface area contributed by atoms with Gasteiger partial charge >= 0.3 is 0 Å². The molecule has 7 nitrogen and oxygen atoms in total. The Balaban J connectivity index is 1.26. The Morgan fingerprint density at radius 3 is 2.23 bits per heavy atom. The van der Waals surface area contributed by atoms with Crippen LogP contribution in [0.25, 0.3) is 22.2 Å². The maximum atomic E-state index is 12.9. The van der Waals surface area contributed by atoms with Crippen molar-refractivity contribution in [3.8, 4) is 11.1 Å². The zero-order valence-electron chi connectivity index (χ0n) is 16.9. The number of aryl methyl sites for hydroxylation is 1. The third kappa shape index (κ3) is 3.25. The average molecular weight is 404 g/mol. The topological polar surface area (TPSA) is 78.7 Å². The van der Waals surface area contributed by atoms with E-state index in [1.54, 1.807) is 16.1 Å². The highest BCUT2D eigenvalue weighted by Crippen LogP contribution is 2.37. The van der Waals surface area contributed by atoms with Gasteiger partial charge in [0, 0.05) is 38.8 Å². The number of rotatable bonds is 3. The van der Waals surface area contributed by atoms with Crippen LogP contribution in [0.3, 0.4) is 0 Å². The summed E-state index contributed by atoms with van der Waals surface area (Å²) in [6, 6.07) is 13.8. The van der Waals surface area contributed by atoms with Crippen molar-refractivity contribution >= 4 is 22.8 Å². The molecule has 0 atom stereocenters. The molecule has 2 amide bonds. The zero-order valence-corrected chi connectivity index (χ0v) is 16.9. The molecule has 7 heteroatoms. The average Bonchev–Trinajstić information content (AvgIpc) is 3.44. The van der Waals surface area contributed by atoms with Crippen molar-refractivity contribution in [2.75, 3.05) is 26.2 Å².